The second-order valence-electron chi connectivity index (χ2n) is 4.32. The van der Waals surface area contributed by atoms with E-state index in [1.165, 1.54) is 0 Å². The van der Waals surface area contributed by atoms with Crippen molar-refractivity contribution in [1.29, 1.82) is 0 Å². The van der Waals surface area contributed by atoms with Gasteiger partial charge in [0.25, 0.3) is 0 Å². The lowest BCUT2D eigenvalue weighted by atomic mass is 10.1. The molecule has 19 heavy (non-hydrogen) atoms. The van der Waals surface area contributed by atoms with Crippen LogP contribution in [0.2, 0.25) is 0 Å². The fourth-order valence-electron chi connectivity index (χ4n) is 1.96. The summed E-state index contributed by atoms with van der Waals surface area (Å²) in [6.07, 6.45) is 0. The quantitative estimate of drug-likeness (QED) is 0.743. The highest BCUT2D eigenvalue weighted by atomic mass is 79.9. The Bertz CT molecular complexity index is 388. The van der Waals surface area contributed by atoms with E-state index >= 15 is 0 Å². The molecule has 0 radical (unpaired) electrons. The van der Waals surface area contributed by atoms with Crippen LogP contribution in [0, 0.1) is 0 Å². The molecule has 0 saturated heterocycles. The number of ether oxygens (including phenoxy) is 2. The molecule has 1 aromatic carbocycles. The summed E-state index contributed by atoms with van der Waals surface area (Å²) in [6.45, 7) is 4.85. The third kappa shape index (κ3) is 4.76. The molecule has 0 fully saturated rings. The number of hydrogen-bond acceptors (Lipinski definition) is 4. The van der Waals surface area contributed by atoms with Crippen LogP contribution in [0.1, 0.15) is 18.5 Å². The van der Waals surface area contributed by atoms with Gasteiger partial charge in [0.2, 0.25) is 0 Å². The Kier molecular flexibility index (Phi) is 7.38. The number of benzene rings is 1. The predicted molar refractivity (Wildman–Crippen MR) is 81.6 cm³/mol. The van der Waals surface area contributed by atoms with E-state index in [-0.39, 0.29) is 6.04 Å². The first-order valence-electron chi connectivity index (χ1n) is 6.45. The monoisotopic (exact) mass is 330 g/mol. The summed E-state index contributed by atoms with van der Waals surface area (Å²) in [4.78, 5) is 2.20. The smallest absolute Gasteiger partial charge is 0.119 e. The van der Waals surface area contributed by atoms with Crippen LogP contribution in [0.15, 0.2) is 22.7 Å². The van der Waals surface area contributed by atoms with Crippen LogP contribution < -0.4 is 10.5 Å². The van der Waals surface area contributed by atoms with E-state index in [0.717, 1.165) is 28.9 Å². The maximum absolute atomic E-state index is 5.93. The molecule has 5 heteroatoms. The summed E-state index contributed by atoms with van der Waals surface area (Å²) < 4.78 is 11.7. The van der Waals surface area contributed by atoms with E-state index in [2.05, 4.69) is 27.9 Å². The van der Waals surface area contributed by atoms with E-state index < -0.39 is 0 Å². The van der Waals surface area contributed by atoms with Crippen molar-refractivity contribution in [1.82, 2.24) is 4.90 Å². The third-order valence-corrected chi connectivity index (χ3v) is 3.83. The topological polar surface area (TPSA) is 47.7 Å². The SMILES string of the molecule is CCOCCN(C)C(CN)c1cc(OC)ccc1Br. The standard InChI is InChI=1S/C14H23BrN2O2/c1-4-19-8-7-17(2)14(10-16)12-9-11(18-3)5-6-13(12)15/h5-6,9,14H,4,7-8,10,16H2,1-3H3. The highest BCUT2D eigenvalue weighted by molar-refractivity contribution is 9.10. The van der Waals surface area contributed by atoms with Crippen molar-refractivity contribution in [2.75, 3.05) is 40.5 Å². The number of nitrogens with zero attached hydrogens (tertiary/aromatic N) is 1. The average Bonchev–Trinajstić information content (AvgIpc) is 2.42. The van der Waals surface area contributed by atoms with E-state index in [4.69, 9.17) is 15.2 Å². The molecule has 1 rings (SSSR count). The van der Waals surface area contributed by atoms with Crippen molar-refractivity contribution in [2.24, 2.45) is 5.73 Å². The Morgan fingerprint density at radius 2 is 2.16 bits per heavy atom. The number of likely N-dealkylation sites (N-methyl/N-ethyl adjacent to an activating group) is 1. The van der Waals surface area contributed by atoms with Crippen molar-refractivity contribution in [3.63, 3.8) is 0 Å². The first-order valence-corrected chi connectivity index (χ1v) is 7.24. The van der Waals surface area contributed by atoms with E-state index in [1.807, 2.05) is 25.1 Å². The second-order valence-corrected chi connectivity index (χ2v) is 5.17. The maximum Gasteiger partial charge on any atom is 0.119 e. The zero-order valence-electron chi connectivity index (χ0n) is 11.9. The molecule has 0 aliphatic heterocycles. The van der Waals surface area contributed by atoms with Gasteiger partial charge < -0.3 is 15.2 Å². The molecule has 0 spiro atoms. The highest BCUT2D eigenvalue weighted by Gasteiger charge is 2.18. The Morgan fingerprint density at radius 3 is 2.74 bits per heavy atom. The van der Waals surface area contributed by atoms with Crippen molar-refractivity contribution in [3.8, 4) is 5.75 Å². The van der Waals surface area contributed by atoms with Gasteiger partial charge in [0.15, 0.2) is 0 Å². The zero-order valence-corrected chi connectivity index (χ0v) is 13.4. The Labute approximate surface area is 124 Å². The zero-order chi connectivity index (χ0) is 14.3. The molecule has 0 saturated carbocycles. The van der Waals surface area contributed by atoms with E-state index in [9.17, 15) is 0 Å². The van der Waals surface area contributed by atoms with Crippen molar-refractivity contribution >= 4 is 15.9 Å². The van der Waals surface area contributed by atoms with E-state index in [0.29, 0.717) is 13.2 Å². The summed E-state index contributed by atoms with van der Waals surface area (Å²) in [7, 11) is 3.73. The molecule has 1 aromatic rings. The molecule has 108 valence electrons. The first-order chi connectivity index (χ1) is 9.13. The number of halogens is 1. The molecule has 0 heterocycles. The van der Waals surface area contributed by atoms with Gasteiger partial charge in [0, 0.05) is 30.2 Å². The molecule has 0 amide bonds. The fraction of sp³-hybridized carbons (Fsp3) is 0.571. The number of rotatable bonds is 8. The van der Waals surface area contributed by atoms with Crippen LogP contribution in [0.3, 0.4) is 0 Å². The Hall–Kier alpha value is -0.620. The van der Waals surface area contributed by atoms with Crippen molar-refractivity contribution in [2.45, 2.75) is 13.0 Å². The van der Waals surface area contributed by atoms with Gasteiger partial charge in [-0.3, -0.25) is 4.90 Å². The number of hydrogen-bond donors (Lipinski definition) is 1. The molecule has 0 bridgehead atoms. The fourth-order valence-corrected chi connectivity index (χ4v) is 2.47. The number of nitrogens with two attached hydrogens (primary N) is 1. The molecule has 0 aromatic heterocycles. The average molecular weight is 331 g/mol. The van der Waals surface area contributed by atoms with Crippen LogP contribution in [0.4, 0.5) is 0 Å². The molecule has 4 nitrogen and oxygen atoms in total. The summed E-state index contributed by atoms with van der Waals surface area (Å²) in [5.41, 5.74) is 7.07. The predicted octanol–water partition coefficient (Wildman–Crippen LogP) is 2.43. The summed E-state index contributed by atoms with van der Waals surface area (Å²) in [6, 6.07) is 6.10. The second kappa shape index (κ2) is 8.53. The van der Waals surface area contributed by atoms with Crippen LogP contribution >= 0.6 is 15.9 Å². The van der Waals surface area contributed by atoms with Crippen LogP contribution in [0.25, 0.3) is 0 Å². The van der Waals surface area contributed by atoms with Gasteiger partial charge >= 0.3 is 0 Å². The van der Waals surface area contributed by atoms with Crippen LogP contribution in [-0.4, -0.2) is 45.4 Å². The highest BCUT2D eigenvalue weighted by Crippen LogP contribution is 2.30. The normalized spacial score (nSPS) is 12.7. The largest absolute Gasteiger partial charge is 0.497 e. The van der Waals surface area contributed by atoms with Crippen LogP contribution in [0.5, 0.6) is 5.75 Å². The third-order valence-electron chi connectivity index (χ3n) is 3.11. The van der Waals surface area contributed by atoms with Crippen LogP contribution in [-0.2, 0) is 4.74 Å². The van der Waals surface area contributed by atoms with Crippen molar-refractivity contribution < 1.29 is 9.47 Å². The Morgan fingerprint density at radius 1 is 1.42 bits per heavy atom. The summed E-state index contributed by atoms with van der Waals surface area (Å²) >= 11 is 3.58. The van der Waals surface area contributed by atoms with E-state index in [1.54, 1.807) is 7.11 Å². The molecular formula is C14H23BrN2O2. The van der Waals surface area contributed by atoms with Gasteiger partial charge in [-0.15, -0.1) is 0 Å². The minimum atomic E-state index is 0.143. The first kappa shape index (κ1) is 16.4. The van der Waals surface area contributed by atoms with Gasteiger partial charge in [0.1, 0.15) is 5.75 Å². The molecule has 2 N–H and O–H groups in total. The number of methoxy groups -OCH3 is 1. The molecular weight excluding hydrogens is 308 g/mol. The Balaban J connectivity index is 2.83. The molecule has 1 atom stereocenters. The lowest BCUT2D eigenvalue weighted by Crippen LogP contribution is -2.33. The molecule has 0 aliphatic rings. The molecule has 0 aliphatic carbocycles. The lowest BCUT2D eigenvalue weighted by Gasteiger charge is -2.28. The van der Waals surface area contributed by atoms with Gasteiger partial charge in [-0.05, 0) is 37.7 Å². The maximum atomic E-state index is 5.93. The lowest BCUT2D eigenvalue weighted by molar-refractivity contribution is 0.108. The van der Waals surface area contributed by atoms with Gasteiger partial charge in [0.05, 0.1) is 13.7 Å². The van der Waals surface area contributed by atoms with Gasteiger partial charge in [-0.25, -0.2) is 0 Å². The van der Waals surface area contributed by atoms with Gasteiger partial charge in [-0.1, -0.05) is 15.9 Å². The summed E-state index contributed by atoms with van der Waals surface area (Å²) in [5, 5.41) is 0. The molecule has 1 unspecified atom stereocenters. The van der Waals surface area contributed by atoms with Gasteiger partial charge in [-0.2, -0.15) is 0 Å². The summed E-state index contributed by atoms with van der Waals surface area (Å²) in [5.74, 6) is 0.842. The van der Waals surface area contributed by atoms with Crippen molar-refractivity contribution in [3.05, 3.63) is 28.2 Å². The minimum Gasteiger partial charge on any atom is -0.497 e. The minimum absolute atomic E-state index is 0.143.